The lowest BCUT2D eigenvalue weighted by Gasteiger charge is -2.20. The van der Waals surface area contributed by atoms with E-state index in [-0.39, 0.29) is 21.6 Å². The van der Waals surface area contributed by atoms with Crippen molar-refractivity contribution in [3.8, 4) is 0 Å². The molecule has 10 heteroatoms. The summed E-state index contributed by atoms with van der Waals surface area (Å²) in [4.78, 5) is 12.9. The quantitative estimate of drug-likeness (QED) is 0.409. The molecule has 3 rings (SSSR count). The molecule has 0 spiro atoms. The van der Waals surface area contributed by atoms with Crippen molar-refractivity contribution >= 4 is 40.9 Å². The number of nitrogens with zero attached hydrogens (tertiary/aromatic N) is 3. The van der Waals surface area contributed by atoms with Gasteiger partial charge in [0.15, 0.2) is 10.9 Å². The number of aromatic nitrogens is 3. The number of alkyl halides is 3. The van der Waals surface area contributed by atoms with E-state index in [0.717, 1.165) is 34.0 Å². The van der Waals surface area contributed by atoms with Crippen LogP contribution in [-0.4, -0.2) is 20.7 Å². The van der Waals surface area contributed by atoms with E-state index in [2.05, 4.69) is 28.8 Å². The van der Waals surface area contributed by atoms with Crippen molar-refractivity contribution in [1.29, 1.82) is 0 Å². The topological polar surface area (TPSA) is 64.7 Å². The van der Waals surface area contributed by atoms with Gasteiger partial charge >= 0.3 is 6.18 Å². The molecule has 2 aromatic heterocycles. The first-order valence-corrected chi connectivity index (χ1v) is 9.94. The predicted octanol–water partition coefficient (Wildman–Crippen LogP) is 5.36. The summed E-state index contributed by atoms with van der Waals surface area (Å²) in [7, 11) is 0. The van der Waals surface area contributed by atoms with E-state index >= 15 is 0 Å². The molecular weight excluding hydrogens is 405 g/mol. The number of thioether (sulfide) groups is 2. The molecule has 1 atom stereocenters. The van der Waals surface area contributed by atoms with E-state index in [0.29, 0.717) is 10.8 Å². The maximum Gasteiger partial charge on any atom is 0.433 e. The Morgan fingerprint density at radius 3 is 2.62 bits per heavy atom. The molecule has 1 unspecified atom stereocenters. The highest BCUT2D eigenvalue weighted by Crippen LogP contribution is 2.48. The van der Waals surface area contributed by atoms with Crippen molar-refractivity contribution in [2.75, 3.05) is 11.5 Å². The van der Waals surface area contributed by atoms with E-state index in [1.165, 1.54) is 0 Å². The Balaban J connectivity index is 1.91. The molecule has 3 heterocycles. The molecule has 0 amide bonds. The minimum absolute atomic E-state index is 0.0388. The fraction of sp³-hybridized carbons (Fsp3) is 0.438. The lowest BCUT2D eigenvalue weighted by molar-refractivity contribution is -0.141. The van der Waals surface area contributed by atoms with Gasteiger partial charge in [-0.15, -0.1) is 11.8 Å². The van der Waals surface area contributed by atoms with Crippen LogP contribution in [0.5, 0.6) is 0 Å². The Morgan fingerprint density at radius 2 is 1.96 bits per heavy atom. The summed E-state index contributed by atoms with van der Waals surface area (Å²) in [5.41, 5.74) is 6.18. The Kier molecular flexibility index (Phi) is 5.09. The molecule has 2 aromatic rings. The molecule has 0 aliphatic carbocycles. The number of hydrogen-bond acceptors (Lipinski definition) is 6. The van der Waals surface area contributed by atoms with Gasteiger partial charge in [0.2, 0.25) is 0 Å². The summed E-state index contributed by atoms with van der Waals surface area (Å²) < 4.78 is 38.7. The Hall–Kier alpha value is -1.19. The van der Waals surface area contributed by atoms with Gasteiger partial charge in [0, 0.05) is 22.1 Å². The van der Waals surface area contributed by atoms with Gasteiger partial charge < -0.3 is 5.73 Å². The van der Waals surface area contributed by atoms with E-state index in [9.17, 15) is 13.2 Å². The third-order valence-electron chi connectivity index (χ3n) is 3.97. The number of rotatable bonds is 3. The van der Waals surface area contributed by atoms with Gasteiger partial charge in [0.05, 0.1) is 10.9 Å². The lowest BCUT2D eigenvalue weighted by atomic mass is 9.87. The van der Waals surface area contributed by atoms with E-state index < -0.39 is 11.9 Å². The van der Waals surface area contributed by atoms with Crippen molar-refractivity contribution in [3.63, 3.8) is 0 Å². The maximum absolute atomic E-state index is 12.9. The summed E-state index contributed by atoms with van der Waals surface area (Å²) in [6.45, 7) is 6.07. The SMILES string of the molecule is CC(Sc1nc(N)cc(C(F)(F)F)n1)c1cc2c(c(Cl)n1)SCC2(C)C. The van der Waals surface area contributed by atoms with Gasteiger partial charge in [0.25, 0.3) is 0 Å². The van der Waals surface area contributed by atoms with Gasteiger partial charge in [-0.25, -0.2) is 15.0 Å². The number of fused-ring (bicyclic) bond motifs is 1. The number of anilines is 1. The van der Waals surface area contributed by atoms with Crippen LogP contribution < -0.4 is 5.73 Å². The van der Waals surface area contributed by atoms with Crippen LogP contribution in [0.3, 0.4) is 0 Å². The van der Waals surface area contributed by atoms with Crippen LogP contribution in [0.2, 0.25) is 5.15 Å². The Morgan fingerprint density at radius 1 is 1.27 bits per heavy atom. The van der Waals surface area contributed by atoms with Crippen molar-refractivity contribution in [2.45, 2.75) is 47.7 Å². The van der Waals surface area contributed by atoms with Gasteiger partial charge in [-0.1, -0.05) is 37.2 Å². The van der Waals surface area contributed by atoms with Crippen molar-refractivity contribution < 1.29 is 13.2 Å². The van der Waals surface area contributed by atoms with E-state index in [1.54, 1.807) is 11.8 Å². The second kappa shape index (κ2) is 6.76. The molecule has 0 aromatic carbocycles. The van der Waals surface area contributed by atoms with Gasteiger partial charge in [0.1, 0.15) is 11.0 Å². The number of hydrogen-bond donors (Lipinski definition) is 1. The number of pyridine rings is 1. The van der Waals surface area contributed by atoms with Crippen LogP contribution >= 0.6 is 35.1 Å². The van der Waals surface area contributed by atoms with Crippen LogP contribution in [0.1, 0.15) is 43.0 Å². The molecule has 0 bridgehead atoms. The van der Waals surface area contributed by atoms with Gasteiger partial charge in [-0.3, -0.25) is 0 Å². The lowest BCUT2D eigenvalue weighted by Crippen LogP contribution is -2.16. The van der Waals surface area contributed by atoms with Crippen LogP contribution in [0.25, 0.3) is 0 Å². The molecule has 26 heavy (non-hydrogen) atoms. The molecule has 140 valence electrons. The largest absolute Gasteiger partial charge is 0.433 e. The minimum Gasteiger partial charge on any atom is -0.384 e. The number of nitrogens with two attached hydrogens (primary N) is 1. The number of nitrogen functional groups attached to an aromatic ring is 1. The number of halogens is 4. The minimum atomic E-state index is -4.58. The summed E-state index contributed by atoms with van der Waals surface area (Å²) in [5, 5.41) is 0.0870. The van der Waals surface area contributed by atoms with Gasteiger partial charge in [-0.2, -0.15) is 13.2 Å². The Bertz CT molecular complexity index is 858. The molecule has 1 aliphatic rings. The molecular formula is C16H16ClF3N4S2. The van der Waals surface area contributed by atoms with E-state index in [4.69, 9.17) is 17.3 Å². The Labute approximate surface area is 162 Å². The van der Waals surface area contributed by atoms with Crippen LogP contribution in [-0.2, 0) is 11.6 Å². The highest BCUT2D eigenvalue weighted by atomic mass is 35.5. The van der Waals surface area contributed by atoms with Crippen molar-refractivity contribution in [2.24, 2.45) is 0 Å². The summed E-state index contributed by atoms with van der Waals surface area (Å²) >= 11 is 9.05. The normalized spacial score (nSPS) is 17.2. The maximum atomic E-state index is 12.9. The molecule has 1 aliphatic heterocycles. The van der Waals surface area contributed by atoms with Crippen LogP contribution in [0.15, 0.2) is 22.2 Å². The molecule has 0 saturated carbocycles. The van der Waals surface area contributed by atoms with E-state index in [1.807, 2.05) is 13.0 Å². The average Bonchev–Trinajstić information content (AvgIpc) is 2.82. The zero-order valence-electron chi connectivity index (χ0n) is 14.2. The molecule has 0 saturated heterocycles. The van der Waals surface area contributed by atoms with Crippen LogP contribution in [0, 0.1) is 0 Å². The third-order valence-corrected chi connectivity index (χ3v) is 6.91. The monoisotopic (exact) mass is 420 g/mol. The summed E-state index contributed by atoms with van der Waals surface area (Å²) in [6.07, 6.45) is -4.58. The smallest absolute Gasteiger partial charge is 0.384 e. The molecule has 2 N–H and O–H groups in total. The van der Waals surface area contributed by atoms with Gasteiger partial charge in [-0.05, 0) is 18.6 Å². The fourth-order valence-corrected chi connectivity index (χ4v) is 5.11. The highest BCUT2D eigenvalue weighted by molar-refractivity contribution is 8.00. The first-order chi connectivity index (χ1) is 12.0. The summed E-state index contributed by atoms with van der Waals surface area (Å²) in [6, 6.07) is 2.69. The average molecular weight is 421 g/mol. The molecule has 0 radical (unpaired) electrons. The second-order valence-electron chi connectivity index (χ2n) is 6.61. The molecule has 0 fully saturated rings. The van der Waals surface area contributed by atoms with Crippen molar-refractivity contribution in [3.05, 3.63) is 34.2 Å². The van der Waals surface area contributed by atoms with Crippen molar-refractivity contribution in [1.82, 2.24) is 15.0 Å². The van der Waals surface area contributed by atoms with Crippen LogP contribution in [0.4, 0.5) is 19.0 Å². The third kappa shape index (κ3) is 3.89. The fourth-order valence-electron chi connectivity index (χ4n) is 2.56. The predicted molar refractivity (Wildman–Crippen MR) is 98.7 cm³/mol. The molecule has 4 nitrogen and oxygen atoms in total. The zero-order chi connectivity index (χ0) is 19.3. The first kappa shape index (κ1) is 19.6. The zero-order valence-corrected chi connectivity index (χ0v) is 16.6. The second-order valence-corrected chi connectivity index (χ2v) is 9.26. The summed E-state index contributed by atoms with van der Waals surface area (Å²) in [5.74, 6) is 0.682. The first-order valence-electron chi connectivity index (χ1n) is 7.69. The standard InChI is InChI=1S/C16H16ClF3N4S2/c1-7(26-14-23-10(16(18,19)20)5-11(21)24-14)9-4-8-12(13(17)22-9)25-6-15(8,2)3/h4-5,7H,6H2,1-3H3,(H2,21,23,24). The highest BCUT2D eigenvalue weighted by Gasteiger charge is 2.35.